The fourth-order valence-corrected chi connectivity index (χ4v) is 4.28. The van der Waals surface area contributed by atoms with Crippen LogP contribution in [-0.2, 0) is 9.47 Å². The lowest BCUT2D eigenvalue weighted by molar-refractivity contribution is 0.0519. The molecule has 0 radical (unpaired) electrons. The van der Waals surface area contributed by atoms with Gasteiger partial charge in [-0.1, -0.05) is 36.4 Å². The summed E-state index contributed by atoms with van der Waals surface area (Å²) in [6.07, 6.45) is 0. The molecule has 246 valence electrons. The molecule has 0 unspecified atom stereocenters. The van der Waals surface area contributed by atoms with Crippen molar-refractivity contribution in [1.29, 1.82) is 0 Å². The molecule has 5 aromatic rings. The van der Waals surface area contributed by atoms with Gasteiger partial charge in [0.05, 0.1) is 26.4 Å². The normalized spacial score (nSPS) is 10.6. The van der Waals surface area contributed by atoms with Crippen molar-refractivity contribution in [2.75, 3.05) is 60.8 Å². The number of aromatic nitrogens is 3. The SMILES string of the molecule is O=C(NCCOCCOCCNc1nc(Nc2ccc(O)cc2)nc(Nc2ccc(C(=O)Nc3ccccc3)cc2)n1)c1ccccc1. The lowest BCUT2D eigenvalue weighted by Crippen LogP contribution is -2.27. The first kappa shape index (κ1) is 33.3. The number of phenolic OH excluding ortho intramolecular Hbond substituents is 1. The zero-order valence-electron chi connectivity index (χ0n) is 26.1. The molecule has 0 atom stereocenters. The fourth-order valence-electron chi connectivity index (χ4n) is 4.28. The lowest BCUT2D eigenvalue weighted by atomic mass is 10.2. The minimum absolute atomic E-state index is 0.138. The maximum Gasteiger partial charge on any atom is 0.255 e. The van der Waals surface area contributed by atoms with E-state index in [-0.39, 0.29) is 29.5 Å². The van der Waals surface area contributed by atoms with Crippen LogP contribution in [0.25, 0.3) is 0 Å². The van der Waals surface area contributed by atoms with Crippen LogP contribution < -0.4 is 26.6 Å². The van der Waals surface area contributed by atoms with Gasteiger partial charge < -0.3 is 41.2 Å². The van der Waals surface area contributed by atoms with Crippen LogP contribution in [0, 0.1) is 0 Å². The average molecular weight is 649 g/mol. The molecule has 48 heavy (non-hydrogen) atoms. The van der Waals surface area contributed by atoms with Crippen molar-refractivity contribution in [3.05, 3.63) is 120 Å². The number of aromatic hydroxyl groups is 1. The largest absolute Gasteiger partial charge is 0.508 e. The Kier molecular flexibility index (Phi) is 12.2. The molecule has 0 fully saturated rings. The Morgan fingerprint density at radius 3 is 1.69 bits per heavy atom. The van der Waals surface area contributed by atoms with Gasteiger partial charge in [-0.25, -0.2) is 0 Å². The highest BCUT2D eigenvalue weighted by atomic mass is 16.5. The molecule has 0 bridgehead atoms. The van der Waals surface area contributed by atoms with Gasteiger partial charge in [0.15, 0.2) is 0 Å². The number of anilines is 6. The molecule has 0 saturated heterocycles. The summed E-state index contributed by atoms with van der Waals surface area (Å²) in [5.41, 5.74) is 3.16. The summed E-state index contributed by atoms with van der Waals surface area (Å²) in [6, 6.07) is 31.7. The van der Waals surface area contributed by atoms with E-state index >= 15 is 0 Å². The van der Waals surface area contributed by atoms with E-state index in [1.807, 2.05) is 48.5 Å². The highest BCUT2D eigenvalue weighted by molar-refractivity contribution is 6.04. The zero-order chi connectivity index (χ0) is 33.4. The number of carbonyl (C=O) groups excluding carboxylic acids is 2. The van der Waals surface area contributed by atoms with Crippen molar-refractivity contribution in [3.8, 4) is 5.75 Å². The number of ether oxygens (including phenoxy) is 2. The first-order valence-electron chi connectivity index (χ1n) is 15.3. The molecular weight excluding hydrogens is 612 g/mol. The first-order chi connectivity index (χ1) is 23.5. The quantitative estimate of drug-likeness (QED) is 0.0579. The topological polar surface area (TPSA) is 172 Å². The smallest absolute Gasteiger partial charge is 0.255 e. The second kappa shape index (κ2) is 17.6. The Balaban J connectivity index is 1.10. The Hall–Kier alpha value is -6.05. The van der Waals surface area contributed by atoms with Crippen molar-refractivity contribution < 1.29 is 24.2 Å². The summed E-state index contributed by atoms with van der Waals surface area (Å²) in [5, 5.41) is 24.7. The van der Waals surface area contributed by atoms with Gasteiger partial charge in [-0.3, -0.25) is 9.59 Å². The van der Waals surface area contributed by atoms with Gasteiger partial charge in [0, 0.05) is 41.3 Å². The minimum atomic E-state index is -0.221. The van der Waals surface area contributed by atoms with E-state index < -0.39 is 0 Å². The van der Waals surface area contributed by atoms with Crippen LogP contribution in [0.4, 0.5) is 34.9 Å². The molecule has 0 aliphatic rings. The van der Waals surface area contributed by atoms with Crippen LogP contribution in [-0.4, -0.2) is 71.4 Å². The number of hydrogen-bond donors (Lipinski definition) is 6. The third-order valence-electron chi connectivity index (χ3n) is 6.66. The number of para-hydroxylation sites is 1. The third kappa shape index (κ3) is 10.8. The lowest BCUT2D eigenvalue weighted by Gasteiger charge is -2.12. The molecule has 6 N–H and O–H groups in total. The maximum absolute atomic E-state index is 12.6. The number of nitrogens with one attached hydrogen (secondary N) is 5. The van der Waals surface area contributed by atoms with Gasteiger partial charge in [0.1, 0.15) is 5.75 Å². The molecule has 2 amide bonds. The molecule has 0 saturated carbocycles. The number of carbonyl (C=O) groups is 2. The van der Waals surface area contributed by atoms with Crippen LogP contribution in [0.1, 0.15) is 20.7 Å². The second-order valence-electron chi connectivity index (χ2n) is 10.3. The molecule has 1 aromatic heterocycles. The molecule has 5 rings (SSSR count). The number of nitrogens with zero attached hydrogens (tertiary/aromatic N) is 3. The predicted molar refractivity (Wildman–Crippen MR) is 184 cm³/mol. The number of rotatable bonds is 17. The molecule has 13 heteroatoms. The molecule has 0 aliphatic carbocycles. The van der Waals surface area contributed by atoms with E-state index in [2.05, 4.69) is 41.5 Å². The van der Waals surface area contributed by atoms with E-state index in [1.54, 1.807) is 60.7 Å². The number of benzene rings is 4. The van der Waals surface area contributed by atoms with Crippen molar-refractivity contribution in [2.24, 2.45) is 0 Å². The first-order valence-corrected chi connectivity index (χ1v) is 15.3. The zero-order valence-corrected chi connectivity index (χ0v) is 26.1. The van der Waals surface area contributed by atoms with E-state index in [1.165, 1.54) is 0 Å². The summed E-state index contributed by atoms with van der Waals surface area (Å²) >= 11 is 0. The van der Waals surface area contributed by atoms with Gasteiger partial charge in [-0.15, -0.1) is 0 Å². The number of phenols is 1. The predicted octanol–water partition coefficient (Wildman–Crippen LogP) is 5.19. The molecule has 0 spiro atoms. The highest BCUT2D eigenvalue weighted by Gasteiger charge is 2.10. The Bertz CT molecular complexity index is 1740. The molecular formula is C35H36N8O5. The summed E-state index contributed by atoms with van der Waals surface area (Å²) in [6.45, 7) is 2.33. The molecule has 13 nitrogen and oxygen atoms in total. The second-order valence-corrected chi connectivity index (χ2v) is 10.3. The average Bonchev–Trinajstić information content (AvgIpc) is 3.11. The van der Waals surface area contributed by atoms with Crippen molar-refractivity contribution in [2.45, 2.75) is 0 Å². The standard InChI is InChI=1S/C35H36N8O5/c44-30-17-15-29(16-18-30)40-35-42-33(37-20-22-48-24-23-47-21-19-36-31(45)25-7-3-1-4-8-25)41-34(43-35)39-28-13-11-26(12-14-28)32(46)38-27-9-5-2-6-10-27/h1-18,44H,19-24H2,(H,36,45)(H,38,46)(H3,37,39,40,41,42,43). The molecule has 1 heterocycles. The highest BCUT2D eigenvalue weighted by Crippen LogP contribution is 2.21. The van der Waals surface area contributed by atoms with Gasteiger partial charge in [-0.05, 0) is 72.8 Å². The van der Waals surface area contributed by atoms with Gasteiger partial charge in [0.2, 0.25) is 17.8 Å². The Morgan fingerprint density at radius 2 is 1.06 bits per heavy atom. The summed E-state index contributed by atoms with van der Waals surface area (Å²) in [7, 11) is 0. The van der Waals surface area contributed by atoms with Gasteiger partial charge in [0.25, 0.3) is 11.8 Å². The van der Waals surface area contributed by atoms with Crippen molar-refractivity contribution >= 4 is 46.7 Å². The maximum atomic E-state index is 12.6. The van der Waals surface area contributed by atoms with Gasteiger partial charge in [-0.2, -0.15) is 15.0 Å². The van der Waals surface area contributed by atoms with Crippen LogP contribution in [0.15, 0.2) is 109 Å². The van der Waals surface area contributed by atoms with Crippen LogP contribution in [0.5, 0.6) is 5.75 Å². The summed E-state index contributed by atoms with van der Waals surface area (Å²) in [4.78, 5) is 38.1. The third-order valence-corrected chi connectivity index (χ3v) is 6.66. The van der Waals surface area contributed by atoms with Crippen LogP contribution >= 0.6 is 0 Å². The Morgan fingerprint density at radius 1 is 0.542 bits per heavy atom. The van der Waals surface area contributed by atoms with Gasteiger partial charge >= 0.3 is 0 Å². The van der Waals surface area contributed by atoms with E-state index in [0.29, 0.717) is 73.7 Å². The monoisotopic (exact) mass is 648 g/mol. The number of hydrogen-bond acceptors (Lipinski definition) is 11. The van der Waals surface area contributed by atoms with E-state index in [4.69, 9.17) is 9.47 Å². The van der Waals surface area contributed by atoms with Crippen LogP contribution in [0.2, 0.25) is 0 Å². The summed E-state index contributed by atoms with van der Waals surface area (Å²) in [5.74, 6) is 0.628. The van der Waals surface area contributed by atoms with Crippen molar-refractivity contribution in [3.63, 3.8) is 0 Å². The van der Waals surface area contributed by atoms with E-state index in [9.17, 15) is 14.7 Å². The van der Waals surface area contributed by atoms with E-state index in [0.717, 1.165) is 0 Å². The van der Waals surface area contributed by atoms with Crippen LogP contribution in [0.3, 0.4) is 0 Å². The molecule has 0 aliphatic heterocycles. The molecule has 4 aromatic carbocycles. The Labute approximate surface area is 277 Å². The fraction of sp³-hybridized carbons (Fsp3) is 0.171. The minimum Gasteiger partial charge on any atom is -0.508 e. The van der Waals surface area contributed by atoms with Crippen molar-refractivity contribution in [1.82, 2.24) is 20.3 Å². The number of amides is 2. The summed E-state index contributed by atoms with van der Waals surface area (Å²) < 4.78 is 11.2.